The summed E-state index contributed by atoms with van der Waals surface area (Å²) in [7, 11) is 0. The number of rotatable bonds is 4. The highest BCUT2D eigenvalue weighted by atomic mass is 19.3. The number of nitrogens with one attached hydrogen (secondary N) is 2. The lowest BCUT2D eigenvalue weighted by molar-refractivity contribution is -0.286. The number of fused-ring (bicyclic) bond motifs is 1. The SMILES string of the molecule is Cc1ccc(NC(=O)C2(c3ccc4c(c3)OC(F)(F)O4)CC2)nc1-c1cc(F)c[nH]c1=O. The fourth-order valence-corrected chi connectivity index (χ4v) is 3.76. The van der Waals surface area contributed by atoms with Crippen LogP contribution in [-0.2, 0) is 10.2 Å². The van der Waals surface area contributed by atoms with E-state index in [0.29, 0.717) is 24.0 Å². The first-order chi connectivity index (χ1) is 15.2. The van der Waals surface area contributed by atoms with E-state index in [1.54, 1.807) is 25.1 Å². The van der Waals surface area contributed by atoms with Crippen molar-refractivity contribution < 1.29 is 27.4 Å². The van der Waals surface area contributed by atoms with Crippen molar-refractivity contribution in [3.05, 3.63) is 69.9 Å². The summed E-state index contributed by atoms with van der Waals surface area (Å²) in [5.41, 5.74) is -0.0170. The largest absolute Gasteiger partial charge is 0.586 e. The van der Waals surface area contributed by atoms with Gasteiger partial charge in [-0.3, -0.25) is 9.59 Å². The van der Waals surface area contributed by atoms with Crippen LogP contribution in [0.2, 0.25) is 0 Å². The first-order valence-electron chi connectivity index (χ1n) is 9.75. The molecule has 2 aliphatic rings. The van der Waals surface area contributed by atoms with E-state index in [-0.39, 0.29) is 34.5 Å². The lowest BCUT2D eigenvalue weighted by Gasteiger charge is -2.16. The second-order valence-corrected chi connectivity index (χ2v) is 7.79. The fraction of sp³-hybridized carbons (Fsp3) is 0.227. The molecular weight excluding hydrogens is 427 g/mol. The summed E-state index contributed by atoms with van der Waals surface area (Å²) in [4.78, 5) is 31.8. The maximum absolute atomic E-state index is 13.6. The molecule has 1 aromatic carbocycles. The van der Waals surface area contributed by atoms with Crippen molar-refractivity contribution in [3.8, 4) is 22.8 Å². The molecule has 0 spiro atoms. The number of halogens is 3. The number of carbonyl (C=O) groups is 1. The number of alkyl halides is 2. The first-order valence-corrected chi connectivity index (χ1v) is 9.75. The maximum atomic E-state index is 13.6. The van der Waals surface area contributed by atoms with Gasteiger partial charge in [0, 0.05) is 6.20 Å². The third-order valence-corrected chi connectivity index (χ3v) is 5.60. The molecule has 1 saturated carbocycles. The monoisotopic (exact) mass is 443 g/mol. The van der Waals surface area contributed by atoms with E-state index in [4.69, 9.17) is 0 Å². The van der Waals surface area contributed by atoms with Gasteiger partial charge in [-0.05, 0) is 55.2 Å². The third-order valence-electron chi connectivity index (χ3n) is 5.60. The van der Waals surface area contributed by atoms with Crippen molar-refractivity contribution >= 4 is 11.7 Å². The van der Waals surface area contributed by atoms with Crippen molar-refractivity contribution in [1.82, 2.24) is 9.97 Å². The van der Waals surface area contributed by atoms with Crippen LogP contribution in [0.3, 0.4) is 0 Å². The third kappa shape index (κ3) is 3.37. The predicted octanol–water partition coefficient (Wildman–Crippen LogP) is 3.88. The van der Waals surface area contributed by atoms with Gasteiger partial charge >= 0.3 is 6.29 Å². The van der Waals surface area contributed by atoms with Gasteiger partial charge in [0.25, 0.3) is 5.56 Å². The zero-order chi connectivity index (χ0) is 22.7. The Morgan fingerprint density at radius 1 is 1.12 bits per heavy atom. The highest BCUT2D eigenvalue weighted by Gasteiger charge is 2.53. The Labute approximate surface area is 179 Å². The number of pyridine rings is 2. The van der Waals surface area contributed by atoms with Crippen LogP contribution in [0, 0.1) is 12.7 Å². The Bertz CT molecular complexity index is 1320. The second-order valence-electron chi connectivity index (χ2n) is 7.79. The molecule has 10 heteroatoms. The van der Waals surface area contributed by atoms with Gasteiger partial charge in [0.1, 0.15) is 11.6 Å². The summed E-state index contributed by atoms with van der Waals surface area (Å²) in [5, 5.41) is 2.72. The minimum absolute atomic E-state index is 0.0384. The normalized spacial score (nSPS) is 17.1. The number of carbonyl (C=O) groups excluding carboxylic acids is 1. The van der Waals surface area contributed by atoms with Crippen LogP contribution in [0.15, 0.2) is 47.4 Å². The number of aromatic amines is 1. The molecule has 2 aromatic heterocycles. The smallest absolute Gasteiger partial charge is 0.395 e. The van der Waals surface area contributed by atoms with Gasteiger partial charge in [0.2, 0.25) is 5.91 Å². The van der Waals surface area contributed by atoms with Crippen LogP contribution in [0.25, 0.3) is 11.3 Å². The molecule has 2 N–H and O–H groups in total. The number of benzene rings is 1. The molecular formula is C22H16F3N3O4. The summed E-state index contributed by atoms with van der Waals surface area (Å²) in [6.45, 7) is 1.71. The topological polar surface area (TPSA) is 93.3 Å². The fourth-order valence-electron chi connectivity index (χ4n) is 3.76. The number of H-pyrrole nitrogens is 1. The molecule has 0 radical (unpaired) electrons. The quantitative estimate of drug-likeness (QED) is 0.639. The molecule has 3 aromatic rings. The average molecular weight is 443 g/mol. The van der Waals surface area contributed by atoms with Gasteiger partial charge in [-0.15, -0.1) is 8.78 Å². The lowest BCUT2D eigenvalue weighted by atomic mass is 9.94. The predicted molar refractivity (Wildman–Crippen MR) is 107 cm³/mol. The molecule has 164 valence electrons. The summed E-state index contributed by atoms with van der Waals surface area (Å²) in [6.07, 6.45) is -1.77. The second kappa shape index (κ2) is 6.84. The van der Waals surface area contributed by atoms with Crippen molar-refractivity contribution in [2.75, 3.05) is 5.32 Å². The van der Waals surface area contributed by atoms with Crippen molar-refractivity contribution in [2.45, 2.75) is 31.5 Å². The number of aryl methyl sites for hydroxylation is 1. The van der Waals surface area contributed by atoms with Crippen LogP contribution in [0.5, 0.6) is 11.5 Å². The zero-order valence-corrected chi connectivity index (χ0v) is 16.7. The van der Waals surface area contributed by atoms with E-state index in [1.165, 1.54) is 12.1 Å². The van der Waals surface area contributed by atoms with E-state index >= 15 is 0 Å². The number of hydrogen-bond donors (Lipinski definition) is 2. The zero-order valence-electron chi connectivity index (χ0n) is 16.7. The van der Waals surface area contributed by atoms with E-state index in [2.05, 4.69) is 24.8 Å². The summed E-state index contributed by atoms with van der Waals surface area (Å²) in [6, 6.07) is 8.58. The average Bonchev–Trinajstić information content (AvgIpc) is 3.48. The first kappa shape index (κ1) is 20.1. The number of amides is 1. The number of nitrogens with zero attached hydrogens (tertiary/aromatic N) is 1. The molecule has 1 aliphatic heterocycles. The molecule has 7 nitrogen and oxygen atoms in total. The van der Waals surface area contributed by atoms with Crippen LogP contribution in [0.4, 0.5) is 19.0 Å². The molecule has 0 unspecified atom stereocenters. The van der Waals surface area contributed by atoms with E-state index < -0.39 is 23.1 Å². The van der Waals surface area contributed by atoms with Gasteiger partial charge in [0.05, 0.1) is 16.7 Å². The van der Waals surface area contributed by atoms with Crippen molar-refractivity contribution in [1.29, 1.82) is 0 Å². The van der Waals surface area contributed by atoms with Crippen LogP contribution < -0.4 is 20.3 Å². The Balaban J connectivity index is 1.43. The Morgan fingerprint density at radius 3 is 2.62 bits per heavy atom. The van der Waals surface area contributed by atoms with Crippen LogP contribution in [-0.4, -0.2) is 22.2 Å². The highest BCUT2D eigenvalue weighted by molar-refractivity contribution is 6.01. The molecule has 3 heterocycles. The van der Waals surface area contributed by atoms with Gasteiger partial charge < -0.3 is 19.8 Å². The molecule has 32 heavy (non-hydrogen) atoms. The Hall–Kier alpha value is -3.82. The van der Waals surface area contributed by atoms with Gasteiger partial charge in [-0.2, -0.15) is 0 Å². The molecule has 5 rings (SSSR count). The summed E-state index contributed by atoms with van der Waals surface area (Å²) < 4.78 is 49.2. The molecule has 0 saturated heterocycles. The lowest BCUT2D eigenvalue weighted by Crippen LogP contribution is -2.28. The molecule has 0 bridgehead atoms. The minimum Gasteiger partial charge on any atom is -0.395 e. The van der Waals surface area contributed by atoms with E-state index in [9.17, 15) is 22.8 Å². The van der Waals surface area contributed by atoms with Gasteiger partial charge in [-0.25, -0.2) is 9.37 Å². The van der Waals surface area contributed by atoms with E-state index in [0.717, 1.165) is 12.3 Å². The van der Waals surface area contributed by atoms with E-state index in [1.807, 2.05) is 0 Å². The molecule has 1 fully saturated rings. The standard InChI is InChI=1S/C22H16F3N3O4/c1-11-2-5-17(27-18(11)14-9-13(23)10-26-19(14)29)28-20(30)21(6-7-21)12-3-4-15-16(8-12)32-22(24,25)31-15/h2-5,8-10H,6-7H2,1H3,(H,26,29)(H,27,28,30). The van der Waals surface area contributed by atoms with Gasteiger partial charge in [0.15, 0.2) is 11.5 Å². The Morgan fingerprint density at radius 2 is 1.88 bits per heavy atom. The molecule has 0 atom stereocenters. The van der Waals surface area contributed by atoms with Crippen molar-refractivity contribution in [2.24, 2.45) is 0 Å². The molecule has 1 amide bonds. The highest BCUT2D eigenvalue weighted by Crippen LogP contribution is 2.52. The summed E-state index contributed by atoms with van der Waals surface area (Å²) in [5.74, 6) is -1.05. The number of hydrogen-bond acceptors (Lipinski definition) is 5. The summed E-state index contributed by atoms with van der Waals surface area (Å²) >= 11 is 0. The maximum Gasteiger partial charge on any atom is 0.586 e. The van der Waals surface area contributed by atoms with Crippen LogP contribution >= 0.6 is 0 Å². The van der Waals surface area contributed by atoms with Crippen LogP contribution in [0.1, 0.15) is 24.0 Å². The number of aromatic nitrogens is 2. The number of anilines is 1. The number of ether oxygens (including phenoxy) is 2. The molecule has 1 aliphatic carbocycles. The van der Waals surface area contributed by atoms with Gasteiger partial charge in [-0.1, -0.05) is 12.1 Å². The Kier molecular flexibility index (Phi) is 4.30. The minimum atomic E-state index is -3.74. The van der Waals surface area contributed by atoms with Crippen molar-refractivity contribution in [3.63, 3.8) is 0 Å².